The van der Waals surface area contributed by atoms with Crippen molar-refractivity contribution >= 4 is 12.0 Å². The molecule has 0 bridgehead atoms. The topological polar surface area (TPSA) is 42.0 Å². The van der Waals surface area contributed by atoms with Crippen molar-refractivity contribution in [3.63, 3.8) is 0 Å². The maximum atomic E-state index is 11.8. The zero-order valence-corrected chi connectivity index (χ0v) is 14.0. The van der Waals surface area contributed by atoms with Gasteiger partial charge in [-0.1, -0.05) is 51.1 Å². The van der Waals surface area contributed by atoms with Crippen LogP contribution >= 0.6 is 0 Å². The van der Waals surface area contributed by atoms with Gasteiger partial charge in [0, 0.05) is 30.9 Å². The highest BCUT2D eigenvalue weighted by atomic mass is 16.1. The molecule has 0 aliphatic heterocycles. The summed E-state index contributed by atoms with van der Waals surface area (Å²) in [4.78, 5) is 16.0. The summed E-state index contributed by atoms with van der Waals surface area (Å²) < 4.78 is 0. The smallest absolute Gasteiger partial charge is 0.244 e. The molecule has 23 heavy (non-hydrogen) atoms. The highest BCUT2D eigenvalue weighted by Gasteiger charge is 2.12. The monoisotopic (exact) mass is 308 g/mol. The van der Waals surface area contributed by atoms with Crippen molar-refractivity contribution in [1.29, 1.82) is 0 Å². The molecule has 0 atom stereocenters. The van der Waals surface area contributed by atoms with Crippen LogP contribution in [0.2, 0.25) is 0 Å². The molecule has 2 aromatic rings. The minimum Gasteiger partial charge on any atom is -0.352 e. The average Bonchev–Trinajstić information content (AvgIpc) is 2.53. The van der Waals surface area contributed by atoms with E-state index in [0.29, 0.717) is 6.54 Å². The van der Waals surface area contributed by atoms with E-state index in [1.54, 1.807) is 12.3 Å². The van der Waals surface area contributed by atoms with Gasteiger partial charge in [0.1, 0.15) is 0 Å². The molecule has 0 saturated carbocycles. The van der Waals surface area contributed by atoms with Crippen LogP contribution in [0.1, 0.15) is 37.6 Å². The standard InChI is InChI=1S/C20H24N2O/c1-20(2,3)17-10-7-16(8-11-17)9-12-19(23)22-15-13-18-6-4-5-14-21-18/h4-12,14H,13,15H2,1-3H3,(H,22,23)/b12-9+. The lowest BCUT2D eigenvalue weighted by Crippen LogP contribution is -2.23. The van der Waals surface area contributed by atoms with E-state index < -0.39 is 0 Å². The Balaban J connectivity index is 1.81. The molecule has 0 saturated heterocycles. The number of rotatable bonds is 5. The fourth-order valence-corrected chi connectivity index (χ4v) is 2.18. The zero-order chi connectivity index (χ0) is 16.7. The normalized spacial score (nSPS) is 11.6. The molecule has 120 valence electrons. The molecule has 3 heteroatoms. The molecule has 2 rings (SSSR count). The van der Waals surface area contributed by atoms with Gasteiger partial charge in [0.15, 0.2) is 0 Å². The van der Waals surface area contributed by atoms with Crippen LogP contribution in [-0.4, -0.2) is 17.4 Å². The first-order valence-electron chi connectivity index (χ1n) is 7.91. The highest BCUT2D eigenvalue weighted by Crippen LogP contribution is 2.22. The first-order chi connectivity index (χ1) is 10.9. The molecule has 0 aliphatic rings. The molecule has 0 radical (unpaired) electrons. The molecule has 1 heterocycles. The van der Waals surface area contributed by atoms with Gasteiger partial charge >= 0.3 is 0 Å². The van der Waals surface area contributed by atoms with E-state index in [-0.39, 0.29) is 11.3 Å². The van der Waals surface area contributed by atoms with Gasteiger partial charge in [0.25, 0.3) is 0 Å². The van der Waals surface area contributed by atoms with Crippen LogP contribution in [0.5, 0.6) is 0 Å². The Morgan fingerprint density at radius 2 is 1.87 bits per heavy atom. The number of aromatic nitrogens is 1. The van der Waals surface area contributed by atoms with Crippen LogP contribution in [0.25, 0.3) is 6.08 Å². The van der Waals surface area contributed by atoms with Crippen molar-refractivity contribution in [3.8, 4) is 0 Å². The fourth-order valence-electron chi connectivity index (χ4n) is 2.18. The first-order valence-corrected chi connectivity index (χ1v) is 7.91. The number of nitrogens with one attached hydrogen (secondary N) is 1. The summed E-state index contributed by atoms with van der Waals surface area (Å²) in [6, 6.07) is 14.1. The Kier molecular flexibility index (Phi) is 5.69. The Bertz CT molecular complexity index is 652. The molecule has 0 fully saturated rings. The highest BCUT2D eigenvalue weighted by molar-refractivity contribution is 5.91. The summed E-state index contributed by atoms with van der Waals surface area (Å²) in [5.74, 6) is -0.0826. The zero-order valence-electron chi connectivity index (χ0n) is 14.0. The number of nitrogens with zero attached hydrogens (tertiary/aromatic N) is 1. The van der Waals surface area contributed by atoms with E-state index in [1.165, 1.54) is 5.56 Å². The molecule has 1 aromatic carbocycles. The predicted molar refractivity (Wildman–Crippen MR) is 95.1 cm³/mol. The van der Waals surface area contributed by atoms with E-state index in [2.05, 4.69) is 43.2 Å². The van der Waals surface area contributed by atoms with Crippen LogP contribution in [-0.2, 0) is 16.6 Å². The van der Waals surface area contributed by atoms with Crippen molar-refractivity contribution in [3.05, 3.63) is 71.6 Å². The number of benzene rings is 1. The van der Waals surface area contributed by atoms with Crippen molar-refractivity contribution in [2.75, 3.05) is 6.54 Å². The third-order valence-corrected chi connectivity index (χ3v) is 3.61. The lowest BCUT2D eigenvalue weighted by Gasteiger charge is -2.18. The van der Waals surface area contributed by atoms with Crippen LogP contribution in [0.15, 0.2) is 54.7 Å². The molecule has 1 amide bonds. The second-order valence-electron chi connectivity index (χ2n) is 6.57. The van der Waals surface area contributed by atoms with Crippen molar-refractivity contribution in [1.82, 2.24) is 10.3 Å². The first kappa shape index (κ1) is 16.9. The summed E-state index contributed by atoms with van der Waals surface area (Å²) in [6.45, 7) is 7.15. The van der Waals surface area contributed by atoms with E-state index in [0.717, 1.165) is 17.7 Å². The molecule has 0 spiro atoms. The Labute approximate surface area is 138 Å². The van der Waals surface area contributed by atoms with Crippen LogP contribution in [0, 0.1) is 0 Å². The number of hydrogen-bond donors (Lipinski definition) is 1. The van der Waals surface area contributed by atoms with E-state index in [4.69, 9.17) is 0 Å². The van der Waals surface area contributed by atoms with Crippen LogP contribution in [0.4, 0.5) is 0 Å². The molecular formula is C20H24N2O. The summed E-state index contributed by atoms with van der Waals surface area (Å²) in [6.07, 6.45) is 5.91. The predicted octanol–water partition coefficient (Wildman–Crippen LogP) is 3.75. The number of pyridine rings is 1. The molecule has 1 aromatic heterocycles. The SMILES string of the molecule is CC(C)(C)c1ccc(/C=C/C(=O)NCCc2ccccn2)cc1. The second kappa shape index (κ2) is 7.73. The Hall–Kier alpha value is -2.42. The third kappa shape index (κ3) is 5.70. The van der Waals surface area contributed by atoms with Gasteiger partial charge in [-0.3, -0.25) is 9.78 Å². The van der Waals surface area contributed by atoms with Gasteiger partial charge in [0.2, 0.25) is 5.91 Å². The van der Waals surface area contributed by atoms with Gasteiger partial charge < -0.3 is 5.32 Å². The quantitative estimate of drug-likeness (QED) is 0.855. The van der Waals surface area contributed by atoms with E-state index in [9.17, 15) is 4.79 Å². The van der Waals surface area contributed by atoms with Crippen LogP contribution in [0.3, 0.4) is 0 Å². The van der Waals surface area contributed by atoms with Gasteiger partial charge in [-0.25, -0.2) is 0 Å². The Morgan fingerprint density at radius 3 is 2.48 bits per heavy atom. The fraction of sp³-hybridized carbons (Fsp3) is 0.300. The van der Waals surface area contributed by atoms with Crippen molar-refractivity contribution in [2.24, 2.45) is 0 Å². The van der Waals surface area contributed by atoms with Crippen LogP contribution < -0.4 is 5.32 Å². The average molecular weight is 308 g/mol. The number of carbonyl (C=O) groups is 1. The van der Waals surface area contributed by atoms with Gasteiger partial charge in [-0.05, 0) is 34.8 Å². The molecule has 3 nitrogen and oxygen atoms in total. The minimum atomic E-state index is -0.0826. The molecule has 0 aliphatic carbocycles. The number of hydrogen-bond acceptors (Lipinski definition) is 2. The largest absolute Gasteiger partial charge is 0.352 e. The number of amides is 1. The van der Waals surface area contributed by atoms with Crippen molar-refractivity contribution < 1.29 is 4.79 Å². The van der Waals surface area contributed by atoms with E-state index >= 15 is 0 Å². The maximum absolute atomic E-state index is 11.8. The van der Waals surface area contributed by atoms with Crippen molar-refractivity contribution in [2.45, 2.75) is 32.6 Å². The number of carbonyl (C=O) groups excluding carboxylic acids is 1. The third-order valence-electron chi connectivity index (χ3n) is 3.61. The second-order valence-corrected chi connectivity index (χ2v) is 6.57. The minimum absolute atomic E-state index is 0.0826. The maximum Gasteiger partial charge on any atom is 0.244 e. The molecule has 0 unspecified atom stereocenters. The summed E-state index contributed by atoms with van der Waals surface area (Å²) in [5, 5.41) is 2.87. The summed E-state index contributed by atoms with van der Waals surface area (Å²) >= 11 is 0. The molecular weight excluding hydrogens is 284 g/mol. The lowest BCUT2D eigenvalue weighted by molar-refractivity contribution is -0.116. The lowest BCUT2D eigenvalue weighted by atomic mass is 9.87. The van der Waals surface area contributed by atoms with Gasteiger partial charge in [-0.15, -0.1) is 0 Å². The summed E-state index contributed by atoms with van der Waals surface area (Å²) in [5.41, 5.74) is 3.44. The van der Waals surface area contributed by atoms with Gasteiger partial charge in [0.05, 0.1) is 0 Å². The van der Waals surface area contributed by atoms with Gasteiger partial charge in [-0.2, -0.15) is 0 Å². The summed E-state index contributed by atoms with van der Waals surface area (Å²) in [7, 11) is 0. The van der Waals surface area contributed by atoms with E-state index in [1.807, 2.05) is 36.4 Å². The Morgan fingerprint density at radius 1 is 1.13 bits per heavy atom. The molecule has 1 N–H and O–H groups in total.